The molecule has 14 heavy (non-hydrogen) atoms. The van der Waals surface area contributed by atoms with Crippen molar-refractivity contribution in [3.63, 3.8) is 0 Å². The van der Waals surface area contributed by atoms with Crippen molar-refractivity contribution in [3.05, 3.63) is 28.4 Å². The van der Waals surface area contributed by atoms with E-state index in [1.54, 1.807) is 0 Å². The number of rotatable bonds is 2. The second-order valence-corrected chi connectivity index (χ2v) is 4.02. The Morgan fingerprint density at radius 3 is 3.00 bits per heavy atom. The smallest absolute Gasteiger partial charge is 0.111 e. The first-order valence-electron chi connectivity index (χ1n) is 4.54. The van der Waals surface area contributed by atoms with E-state index < -0.39 is 0 Å². The highest BCUT2D eigenvalue weighted by molar-refractivity contribution is 9.10. The van der Waals surface area contributed by atoms with Crippen LogP contribution in [0.25, 0.3) is 10.9 Å². The van der Waals surface area contributed by atoms with E-state index in [9.17, 15) is 0 Å². The highest BCUT2D eigenvalue weighted by Crippen LogP contribution is 2.25. The van der Waals surface area contributed by atoms with Crippen molar-refractivity contribution in [1.82, 2.24) is 9.78 Å². The summed E-state index contributed by atoms with van der Waals surface area (Å²) in [6, 6.07) is 6.18. The van der Waals surface area contributed by atoms with E-state index in [0.29, 0.717) is 6.54 Å². The van der Waals surface area contributed by atoms with E-state index >= 15 is 0 Å². The minimum absolute atomic E-state index is 0.660. The normalized spacial score (nSPS) is 11.1. The van der Waals surface area contributed by atoms with Crippen LogP contribution in [0.1, 0.15) is 5.56 Å². The van der Waals surface area contributed by atoms with Crippen LogP contribution in [0.3, 0.4) is 0 Å². The lowest BCUT2D eigenvalue weighted by molar-refractivity contribution is 0.759. The molecule has 2 aromatic rings. The summed E-state index contributed by atoms with van der Waals surface area (Å²) < 4.78 is 2.86. The fourth-order valence-corrected chi connectivity index (χ4v) is 2.00. The summed E-state index contributed by atoms with van der Waals surface area (Å²) in [6.07, 6.45) is 0.876. The van der Waals surface area contributed by atoms with Gasteiger partial charge in [0.25, 0.3) is 0 Å². The quantitative estimate of drug-likeness (QED) is 0.888. The van der Waals surface area contributed by atoms with Gasteiger partial charge in [0.2, 0.25) is 0 Å². The molecule has 2 rings (SSSR count). The number of nitrogens with two attached hydrogens (primary N) is 1. The summed E-state index contributed by atoms with van der Waals surface area (Å²) in [5, 5.41) is 5.60. The third kappa shape index (κ3) is 1.44. The average molecular weight is 254 g/mol. The van der Waals surface area contributed by atoms with E-state index in [-0.39, 0.29) is 0 Å². The Morgan fingerprint density at radius 1 is 1.50 bits per heavy atom. The van der Waals surface area contributed by atoms with E-state index in [4.69, 9.17) is 5.73 Å². The number of benzene rings is 1. The van der Waals surface area contributed by atoms with E-state index in [0.717, 1.165) is 21.9 Å². The molecular weight excluding hydrogens is 242 g/mol. The first-order valence-corrected chi connectivity index (χ1v) is 5.33. The van der Waals surface area contributed by atoms with Crippen LogP contribution in [0.2, 0.25) is 0 Å². The monoisotopic (exact) mass is 253 g/mol. The van der Waals surface area contributed by atoms with Gasteiger partial charge in [-0.15, -0.1) is 0 Å². The van der Waals surface area contributed by atoms with Gasteiger partial charge in [0.05, 0.1) is 5.52 Å². The van der Waals surface area contributed by atoms with Crippen LogP contribution in [0.4, 0.5) is 0 Å². The van der Waals surface area contributed by atoms with Crippen LogP contribution in [-0.2, 0) is 13.5 Å². The number of fused-ring (bicyclic) bond motifs is 1. The first-order chi connectivity index (χ1) is 6.74. The third-order valence-corrected chi connectivity index (χ3v) is 3.23. The summed E-state index contributed by atoms with van der Waals surface area (Å²) in [5.41, 5.74) is 7.81. The molecule has 1 aromatic heterocycles. The van der Waals surface area contributed by atoms with Crippen molar-refractivity contribution in [3.8, 4) is 0 Å². The molecule has 0 aliphatic rings. The Hall–Kier alpha value is -0.870. The van der Waals surface area contributed by atoms with Crippen molar-refractivity contribution in [2.24, 2.45) is 12.8 Å². The summed E-state index contributed by atoms with van der Waals surface area (Å²) in [5.74, 6) is 0. The van der Waals surface area contributed by atoms with Crippen molar-refractivity contribution in [2.45, 2.75) is 6.42 Å². The van der Waals surface area contributed by atoms with Crippen LogP contribution >= 0.6 is 15.9 Å². The molecule has 2 N–H and O–H groups in total. The second kappa shape index (κ2) is 3.71. The molecule has 0 aliphatic heterocycles. The predicted octanol–water partition coefficient (Wildman–Crippen LogP) is 1.84. The molecule has 0 aliphatic carbocycles. The molecule has 0 saturated carbocycles. The van der Waals surface area contributed by atoms with Crippen LogP contribution in [0, 0.1) is 0 Å². The second-order valence-electron chi connectivity index (χ2n) is 3.27. The van der Waals surface area contributed by atoms with Gasteiger partial charge in [-0.1, -0.05) is 18.2 Å². The molecule has 1 heterocycles. The number of aryl methyl sites for hydroxylation is 1. The van der Waals surface area contributed by atoms with Crippen molar-refractivity contribution < 1.29 is 0 Å². The van der Waals surface area contributed by atoms with Gasteiger partial charge < -0.3 is 5.73 Å². The lowest BCUT2D eigenvalue weighted by Gasteiger charge is -1.98. The molecule has 0 atom stereocenters. The third-order valence-electron chi connectivity index (χ3n) is 2.29. The van der Waals surface area contributed by atoms with Crippen molar-refractivity contribution in [2.75, 3.05) is 6.54 Å². The highest BCUT2D eigenvalue weighted by Gasteiger charge is 2.08. The molecule has 74 valence electrons. The largest absolute Gasteiger partial charge is 0.330 e. The van der Waals surface area contributed by atoms with Gasteiger partial charge in [0.15, 0.2) is 0 Å². The summed E-state index contributed by atoms with van der Waals surface area (Å²) in [4.78, 5) is 0. The fraction of sp³-hybridized carbons (Fsp3) is 0.300. The van der Waals surface area contributed by atoms with Crippen LogP contribution in [0.15, 0.2) is 22.8 Å². The van der Waals surface area contributed by atoms with E-state index in [2.05, 4.69) is 33.2 Å². The zero-order chi connectivity index (χ0) is 10.1. The molecule has 0 radical (unpaired) electrons. The minimum Gasteiger partial charge on any atom is -0.330 e. The summed E-state index contributed by atoms with van der Waals surface area (Å²) in [6.45, 7) is 0.660. The molecule has 0 fully saturated rings. The Bertz CT molecular complexity index is 462. The maximum atomic E-state index is 5.55. The molecule has 0 spiro atoms. The molecule has 0 unspecified atom stereocenters. The molecule has 0 amide bonds. The highest BCUT2D eigenvalue weighted by atomic mass is 79.9. The van der Waals surface area contributed by atoms with Gasteiger partial charge in [0, 0.05) is 12.4 Å². The Balaban J connectivity index is 2.68. The van der Waals surface area contributed by atoms with Crippen LogP contribution in [0.5, 0.6) is 0 Å². The summed E-state index contributed by atoms with van der Waals surface area (Å²) in [7, 11) is 1.93. The van der Waals surface area contributed by atoms with Crippen molar-refractivity contribution in [1.29, 1.82) is 0 Å². The zero-order valence-electron chi connectivity index (χ0n) is 8.00. The lowest BCUT2D eigenvalue weighted by Crippen LogP contribution is -2.03. The zero-order valence-corrected chi connectivity index (χ0v) is 9.58. The van der Waals surface area contributed by atoms with Crippen LogP contribution in [-0.4, -0.2) is 16.3 Å². The number of halogens is 1. The Morgan fingerprint density at radius 2 is 2.29 bits per heavy atom. The number of hydrogen-bond donors (Lipinski definition) is 1. The first kappa shape index (κ1) is 9.68. The Labute approximate surface area is 91.0 Å². The van der Waals surface area contributed by atoms with Gasteiger partial charge in [-0.2, -0.15) is 5.10 Å². The van der Waals surface area contributed by atoms with Crippen LogP contribution < -0.4 is 5.73 Å². The maximum absolute atomic E-state index is 5.55. The molecule has 4 heteroatoms. The molecule has 1 aromatic carbocycles. The Kier molecular flexibility index (Phi) is 2.56. The lowest BCUT2D eigenvalue weighted by atomic mass is 10.1. The standard InChI is InChI=1S/C10H12BrN3/c1-14-10(11)8-4-2-3-7(5-6-12)9(8)13-14/h2-4H,5-6,12H2,1H3. The topological polar surface area (TPSA) is 43.8 Å². The number of nitrogens with zero attached hydrogens (tertiary/aromatic N) is 2. The van der Waals surface area contributed by atoms with Gasteiger partial charge in [-0.25, -0.2) is 0 Å². The predicted molar refractivity (Wildman–Crippen MR) is 61.2 cm³/mol. The molecule has 0 bridgehead atoms. The summed E-state index contributed by atoms with van der Waals surface area (Å²) >= 11 is 3.51. The average Bonchev–Trinajstić information content (AvgIpc) is 2.46. The van der Waals surface area contributed by atoms with Gasteiger partial charge >= 0.3 is 0 Å². The molecular formula is C10H12BrN3. The molecule has 0 saturated heterocycles. The minimum atomic E-state index is 0.660. The fourth-order valence-electron chi connectivity index (χ4n) is 1.60. The van der Waals surface area contributed by atoms with Crippen molar-refractivity contribution >= 4 is 26.8 Å². The SMILES string of the molecule is Cn1nc2c(CCN)cccc2c1Br. The van der Waals surface area contributed by atoms with Gasteiger partial charge in [-0.3, -0.25) is 4.68 Å². The molecule has 3 nitrogen and oxygen atoms in total. The number of aromatic nitrogens is 2. The van der Waals surface area contributed by atoms with Gasteiger partial charge in [-0.05, 0) is 34.5 Å². The number of hydrogen-bond acceptors (Lipinski definition) is 2. The van der Waals surface area contributed by atoms with E-state index in [1.165, 1.54) is 5.56 Å². The maximum Gasteiger partial charge on any atom is 0.111 e. The van der Waals surface area contributed by atoms with E-state index in [1.807, 2.05) is 17.8 Å². The van der Waals surface area contributed by atoms with Gasteiger partial charge in [0.1, 0.15) is 4.60 Å².